The molecule has 2 aromatic heterocycles. The van der Waals surface area contributed by atoms with Gasteiger partial charge in [0.05, 0.1) is 11.1 Å². The van der Waals surface area contributed by atoms with Gasteiger partial charge in [0.25, 0.3) is 0 Å². The highest BCUT2D eigenvalue weighted by Gasteiger charge is 2.25. The number of anilines is 2. The average molecular weight is 399 g/mol. The van der Waals surface area contributed by atoms with Gasteiger partial charge >= 0.3 is 0 Å². The summed E-state index contributed by atoms with van der Waals surface area (Å²) < 4.78 is 0. The van der Waals surface area contributed by atoms with Crippen molar-refractivity contribution in [3.05, 3.63) is 40.3 Å². The summed E-state index contributed by atoms with van der Waals surface area (Å²) in [4.78, 5) is 23.7. The van der Waals surface area contributed by atoms with Gasteiger partial charge in [-0.05, 0) is 49.8 Å². The predicted octanol–water partition coefficient (Wildman–Crippen LogP) is 4.75. The van der Waals surface area contributed by atoms with E-state index in [1.807, 2.05) is 31.2 Å². The highest BCUT2D eigenvalue weighted by atomic mass is 32.2. The number of aryl methyl sites for hydroxylation is 2. The van der Waals surface area contributed by atoms with Crippen molar-refractivity contribution in [2.75, 3.05) is 16.8 Å². The lowest BCUT2D eigenvalue weighted by molar-refractivity contribution is -0.113. The quantitative estimate of drug-likeness (QED) is 0.489. The number of nitrogens with one attached hydrogen (secondary N) is 1. The number of thioether (sulfide) groups is 1. The van der Waals surface area contributed by atoms with Gasteiger partial charge in [0.15, 0.2) is 5.16 Å². The van der Waals surface area contributed by atoms with E-state index >= 15 is 0 Å². The van der Waals surface area contributed by atoms with Crippen molar-refractivity contribution < 1.29 is 4.79 Å². The van der Waals surface area contributed by atoms with Crippen molar-refractivity contribution in [2.45, 2.75) is 44.2 Å². The number of benzene rings is 1. The monoisotopic (exact) mass is 398 g/mol. The Balaban J connectivity index is 1.49. The fraction of sp³-hybridized carbons (Fsp3) is 0.350. The minimum atomic E-state index is -0.0785. The van der Waals surface area contributed by atoms with Crippen molar-refractivity contribution >= 4 is 50.7 Å². The van der Waals surface area contributed by atoms with E-state index in [-0.39, 0.29) is 11.7 Å². The third-order valence-corrected chi connectivity index (χ3v) is 6.88. The van der Waals surface area contributed by atoms with Gasteiger partial charge in [-0.3, -0.25) is 4.79 Å². The largest absolute Gasteiger partial charge is 0.383 e. The number of amides is 1. The highest BCUT2D eigenvalue weighted by molar-refractivity contribution is 7.99. The molecule has 1 atom stereocenters. The second kappa shape index (κ2) is 7.48. The Morgan fingerprint density at radius 1 is 1.33 bits per heavy atom. The van der Waals surface area contributed by atoms with Crippen LogP contribution in [0.3, 0.4) is 0 Å². The van der Waals surface area contributed by atoms with Crippen LogP contribution in [0, 0.1) is 6.92 Å². The van der Waals surface area contributed by atoms with E-state index in [4.69, 9.17) is 5.73 Å². The molecule has 5 nitrogen and oxygen atoms in total. The first kappa shape index (κ1) is 18.3. The SMILES string of the molecule is Cc1ccc(NC(=O)CSc2nc(N)c3c4c(sc3n2)CCC[C@H]4C)cc1. The molecule has 1 amide bonds. The van der Waals surface area contributed by atoms with Crippen LogP contribution in [0.1, 0.15) is 41.7 Å². The molecule has 1 aliphatic carbocycles. The summed E-state index contributed by atoms with van der Waals surface area (Å²) in [6, 6.07) is 7.74. The number of nitrogens with two attached hydrogens (primary N) is 1. The van der Waals surface area contributed by atoms with E-state index < -0.39 is 0 Å². The second-order valence-corrected chi connectivity index (χ2v) is 9.03. The number of nitrogen functional groups attached to an aromatic ring is 1. The highest BCUT2D eigenvalue weighted by Crippen LogP contribution is 2.43. The van der Waals surface area contributed by atoms with Crippen molar-refractivity contribution in [3.8, 4) is 0 Å². The predicted molar refractivity (Wildman–Crippen MR) is 114 cm³/mol. The summed E-state index contributed by atoms with van der Waals surface area (Å²) in [5, 5.41) is 4.48. The maximum atomic E-state index is 12.2. The van der Waals surface area contributed by atoms with E-state index in [9.17, 15) is 4.79 Å². The van der Waals surface area contributed by atoms with Gasteiger partial charge < -0.3 is 11.1 Å². The number of fused-ring (bicyclic) bond motifs is 3. The molecule has 0 saturated heterocycles. The first-order valence-corrected chi connectivity index (χ1v) is 10.9. The van der Waals surface area contributed by atoms with Gasteiger partial charge in [0, 0.05) is 10.6 Å². The molecule has 0 bridgehead atoms. The smallest absolute Gasteiger partial charge is 0.234 e. The fourth-order valence-corrected chi connectivity index (χ4v) is 5.57. The molecular formula is C20H22N4OS2. The number of nitrogens with zero attached hydrogens (tertiary/aromatic N) is 2. The molecule has 140 valence electrons. The van der Waals surface area contributed by atoms with Crippen molar-refractivity contribution in [3.63, 3.8) is 0 Å². The Morgan fingerprint density at radius 3 is 2.89 bits per heavy atom. The zero-order valence-corrected chi connectivity index (χ0v) is 17.0. The van der Waals surface area contributed by atoms with Gasteiger partial charge in [-0.15, -0.1) is 11.3 Å². The van der Waals surface area contributed by atoms with Crippen LogP contribution in [-0.2, 0) is 11.2 Å². The molecule has 0 radical (unpaired) electrons. The molecule has 0 spiro atoms. The molecule has 0 aliphatic heterocycles. The lowest BCUT2D eigenvalue weighted by Crippen LogP contribution is -2.14. The maximum Gasteiger partial charge on any atom is 0.234 e. The number of carbonyl (C=O) groups is 1. The number of hydrogen-bond donors (Lipinski definition) is 2. The number of rotatable bonds is 4. The Kier molecular flexibility index (Phi) is 5.06. The summed E-state index contributed by atoms with van der Waals surface area (Å²) in [7, 11) is 0. The van der Waals surface area contributed by atoms with Gasteiger partial charge in [-0.2, -0.15) is 0 Å². The zero-order chi connectivity index (χ0) is 19.0. The zero-order valence-electron chi connectivity index (χ0n) is 15.4. The van der Waals surface area contributed by atoms with E-state index in [1.165, 1.54) is 35.0 Å². The number of carbonyl (C=O) groups excluding carboxylic acids is 1. The molecule has 7 heteroatoms. The Hall–Kier alpha value is -2.12. The third kappa shape index (κ3) is 3.80. The molecule has 0 saturated carbocycles. The first-order valence-electron chi connectivity index (χ1n) is 9.09. The molecule has 1 aliphatic rings. The molecule has 1 aromatic carbocycles. The normalized spacial score (nSPS) is 16.3. The van der Waals surface area contributed by atoms with Gasteiger partial charge in [0.2, 0.25) is 5.91 Å². The number of aromatic nitrogens is 2. The van der Waals surface area contributed by atoms with Crippen LogP contribution in [0.2, 0.25) is 0 Å². The molecule has 0 unspecified atom stereocenters. The van der Waals surface area contributed by atoms with Crippen LogP contribution in [0.5, 0.6) is 0 Å². The van der Waals surface area contributed by atoms with Crippen molar-refractivity contribution in [2.24, 2.45) is 0 Å². The summed E-state index contributed by atoms with van der Waals surface area (Å²) in [5.41, 5.74) is 9.57. The van der Waals surface area contributed by atoms with Crippen LogP contribution >= 0.6 is 23.1 Å². The lowest BCUT2D eigenvalue weighted by atomic mass is 9.87. The first-order chi connectivity index (χ1) is 13.0. The van der Waals surface area contributed by atoms with Crippen LogP contribution in [0.25, 0.3) is 10.2 Å². The average Bonchev–Trinajstić information content (AvgIpc) is 3.02. The van der Waals surface area contributed by atoms with E-state index in [0.29, 0.717) is 16.9 Å². The van der Waals surface area contributed by atoms with E-state index in [0.717, 1.165) is 27.9 Å². The Morgan fingerprint density at radius 2 is 2.11 bits per heavy atom. The Bertz CT molecular complexity index is 997. The molecule has 4 rings (SSSR count). The minimum absolute atomic E-state index is 0.0785. The molecule has 27 heavy (non-hydrogen) atoms. The summed E-state index contributed by atoms with van der Waals surface area (Å²) >= 11 is 3.04. The number of hydrogen-bond acceptors (Lipinski definition) is 6. The fourth-order valence-electron chi connectivity index (χ4n) is 3.52. The molecule has 0 fully saturated rings. The summed E-state index contributed by atoms with van der Waals surface area (Å²) in [5.74, 6) is 1.21. The van der Waals surface area contributed by atoms with Crippen LogP contribution in [0.4, 0.5) is 11.5 Å². The second-order valence-electron chi connectivity index (χ2n) is 7.01. The maximum absolute atomic E-state index is 12.2. The molecule has 3 aromatic rings. The summed E-state index contributed by atoms with van der Waals surface area (Å²) in [6.45, 7) is 4.27. The van der Waals surface area contributed by atoms with Crippen LogP contribution in [-0.4, -0.2) is 21.6 Å². The molecule has 3 N–H and O–H groups in total. The summed E-state index contributed by atoms with van der Waals surface area (Å²) in [6.07, 6.45) is 3.50. The minimum Gasteiger partial charge on any atom is -0.383 e. The molecular weight excluding hydrogens is 376 g/mol. The van der Waals surface area contributed by atoms with Gasteiger partial charge in [0.1, 0.15) is 10.6 Å². The van der Waals surface area contributed by atoms with Crippen molar-refractivity contribution in [1.82, 2.24) is 9.97 Å². The topological polar surface area (TPSA) is 80.9 Å². The standard InChI is InChI=1S/C20H22N4OS2/c1-11-6-8-13(9-7-11)22-15(25)10-26-20-23-18(21)17-16-12(2)4-3-5-14(16)27-19(17)24-20/h6-9,12H,3-5,10H2,1-2H3,(H,22,25)(H2,21,23,24)/t12-/m1/s1. The molecule has 2 heterocycles. The van der Waals surface area contributed by atoms with E-state index in [2.05, 4.69) is 22.2 Å². The van der Waals surface area contributed by atoms with Crippen LogP contribution in [0.15, 0.2) is 29.4 Å². The third-order valence-electron chi connectivity index (χ3n) is 4.87. The van der Waals surface area contributed by atoms with Gasteiger partial charge in [-0.25, -0.2) is 9.97 Å². The number of thiophene rings is 1. The van der Waals surface area contributed by atoms with E-state index in [1.54, 1.807) is 11.3 Å². The van der Waals surface area contributed by atoms with Gasteiger partial charge in [-0.1, -0.05) is 36.4 Å². The lowest BCUT2D eigenvalue weighted by Gasteiger charge is -2.18. The Labute approximate surface area is 166 Å². The van der Waals surface area contributed by atoms with Crippen LogP contribution < -0.4 is 11.1 Å². The van der Waals surface area contributed by atoms with Crippen molar-refractivity contribution in [1.29, 1.82) is 0 Å².